The lowest BCUT2D eigenvalue weighted by atomic mass is 9.89. The van der Waals surface area contributed by atoms with Gasteiger partial charge in [0.15, 0.2) is 0 Å². The van der Waals surface area contributed by atoms with Crippen molar-refractivity contribution in [2.24, 2.45) is 5.73 Å². The van der Waals surface area contributed by atoms with E-state index in [1.165, 1.54) is 0 Å². The fourth-order valence-corrected chi connectivity index (χ4v) is 2.65. The summed E-state index contributed by atoms with van der Waals surface area (Å²) in [4.78, 5) is 0. The summed E-state index contributed by atoms with van der Waals surface area (Å²) >= 11 is 18.0. The Labute approximate surface area is 133 Å². The maximum Gasteiger partial charge on any atom is 0.0885 e. The molecule has 3 N–H and O–H groups in total. The van der Waals surface area contributed by atoms with Gasteiger partial charge >= 0.3 is 0 Å². The highest BCUT2D eigenvalue weighted by atomic mass is 35.5. The van der Waals surface area contributed by atoms with Crippen LogP contribution in [0, 0.1) is 0 Å². The highest BCUT2D eigenvalue weighted by Gasteiger charge is 2.23. The average molecular weight is 331 g/mol. The fourth-order valence-electron chi connectivity index (χ4n) is 2.12. The number of halogens is 3. The Bertz CT molecular complexity index is 586. The molecule has 0 amide bonds. The summed E-state index contributed by atoms with van der Waals surface area (Å²) in [5.41, 5.74) is 7.28. The molecule has 20 heavy (non-hydrogen) atoms. The summed E-state index contributed by atoms with van der Waals surface area (Å²) < 4.78 is 0. The standard InChI is InChI=1S/C15H14Cl3NO/c16-10-3-1-9(2-4-10)13(8-19)15(20)12-7-11(17)5-6-14(12)18/h1-7,13,15,20H,8,19H2. The predicted octanol–water partition coefficient (Wildman–Crippen LogP) is 4.42. The van der Waals surface area contributed by atoms with E-state index < -0.39 is 6.10 Å². The first kappa shape index (κ1) is 15.6. The van der Waals surface area contributed by atoms with Crippen molar-refractivity contribution in [2.75, 3.05) is 6.54 Å². The minimum Gasteiger partial charge on any atom is -0.388 e. The molecule has 0 aliphatic heterocycles. The third-order valence-electron chi connectivity index (χ3n) is 3.21. The van der Waals surface area contributed by atoms with Crippen molar-refractivity contribution in [1.82, 2.24) is 0 Å². The molecular weight excluding hydrogens is 317 g/mol. The van der Waals surface area contributed by atoms with Gasteiger partial charge in [-0.3, -0.25) is 0 Å². The van der Waals surface area contributed by atoms with Crippen LogP contribution in [0.4, 0.5) is 0 Å². The minimum absolute atomic E-state index is 0.275. The second-order valence-electron chi connectivity index (χ2n) is 4.50. The molecule has 2 rings (SSSR count). The van der Waals surface area contributed by atoms with E-state index in [9.17, 15) is 5.11 Å². The zero-order chi connectivity index (χ0) is 14.7. The normalized spacial score (nSPS) is 14.1. The van der Waals surface area contributed by atoms with E-state index in [1.54, 1.807) is 30.3 Å². The smallest absolute Gasteiger partial charge is 0.0885 e. The largest absolute Gasteiger partial charge is 0.388 e. The molecule has 5 heteroatoms. The van der Waals surface area contributed by atoms with Crippen LogP contribution >= 0.6 is 34.8 Å². The molecule has 0 fully saturated rings. The number of nitrogens with two attached hydrogens (primary N) is 1. The van der Waals surface area contributed by atoms with E-state index in [0.29, 0.717) is 20.6 Å². The number of rotatable bonds is 4. The molecule has 0 saturated heterocycles. The highest BCUT2D eigenvalue weighted by molar-refractivity contribution is 6.33. The molecule has 0 bridgehead atoms. The third-order valence-corrected chi connectivity index (χ3v) is 4.04. The Hall–Kier alpha value is -0.770. The molecular formula is C15H14Cl3NO. The summed E-state index contributed by atoms with van der Waals surface area (Å²) in [6, 6.07) is 12.2. The van der Waals surface area contributed by atoms with Crippen molar-refractivity contribution < 1.29 is 5.11 Å². The predicted molar refractivity (Wildman–Crippen MR) is 84.7 cm³/mol. The van der Waals surface area contributed by atoms with Gasteiger partial charge in [-0.15, -0.1) is 0 Å². The van der Waals surface area contributed by atoms with Crippen molar-refractivity contribution >= 4 is 34.8 Å². The highest BCUT2D eigenvalue weighted by Crippen LogP contribution is 2.35. The van der Waals surface area contributed by atoms with Gasteiger partial charge in [0.25, 0.3) is 0 Å². The van der Waals surface area contributed by atoms with Gasteiger partial charge in [-0.1, -0.05) is 46.9 Å². The molecule has 0 aliphatic rings. The molecule has 106 valence electrons. The molecule has 0 aromatic heterocycles. The Morgan fingerprint density at radius 1 is 0.950 bits per heavy atom. The fraction of sp³-hybridized carbons (Fsp3) is 0.200. The Balaban J connectivity index is 2.35. The number of hydrogen-bond donors (Lipinski definition) is 2. The number of aliphatic hydroxyl groups is 1. The maximum atomic E-state index is 10.6. The van der Waals surface area contributed by atoms with Crippen molar-refractivity contribution in [3.63, 3.8) is 0 Å². The van der Waals surface area contributed by atoms with Gasteiger partial charge in [-0.25, -0.2) is 0 Å². The van der Waals surface area contributed by atoms with E-state index in [1.807, 2.05) is 12.1 Å². The van der Waals surface area contributed by atoms with Gasteiger partial charge < -0.3 is 10.8 Å². The second kappa shape index (κ2) is 6.79. The molecule has 0 aliphatic carbocycles. The van der Waals surface area contributed by atoms with Crippen molar-refractivity contribution in [3.05, 3.63) is 68.7 Å². The number of hydrogen-bond acceptors (Lipinski definition) is 2. The molecule has 2 nitrogen and oxygen atoms in total. The van der Waals surface area contributed by atoms with Gasteiger partial charge in [0.2, 0.25) is 0 Å². The number of aliphatic hydroxyl groups excluding tert-OH is 1. The van der Waals surface area contributed by atoms with E-state index in [4.69, 9.17) is 40.5 Å². The Kier molecular flexibility index (Phi) is 5.30. The summed E-state index contributed by atoms with van der Waals surface area (Å²) in [6.07, 6.45) is -0.827. The summed E-state index contributed by atoms with van der Waals surface area (Å²) in [5.74, 6) is -0.275. The third kappa shape index (κ3) is 3.46. The second-order valence-corrected chi connectivity index (χ2v) is 5.78. The van der Waals surface area contributed by atoms with Crippen LogP contribution in [0.2, 0.25) is 15.1 Å². The topological polar surface area (TPSA) is 46.2 Å². The molecule has 0 spiro atoms. The number of benzene rings is 2. The molecule has 2 aromatic carbocycles. The van der Waals surface area contributed by atoms with Crippen LogP contribution < -0.4 is 5.73 Å². The summed E-state index contributed by atoms with van der Waals surface area (Å²) in [6.45, 7) is 0.283. The Morgan fingerprint density at radius 3 is 2.15 bits per heavy atom. The molecule has 0 heterocycles. The Morgan fingerprint density at radius 2 is 1.55 bits per heavy atom. The van der Waals surface area contributed by atoms with E-state index in [2.05, 4.69) is 0 Å². The van der Waals surface area contributed by atoms with Crippen LogP contribution in [-0.2, 0) is 0 Å². The molecule has 0 saturated carbocycles. The van der Waals surface area contributed by atoms with Crippen LogP contribution in [-0.4, -0.2) is 11.7 Å². The molecule has 2 atom stereocenters. The van der Waals surface area contributed by atoms with Crippen LogP contribution in [0.25, 0.3) is 0 Å². The van der Waals surface area contributed by atoms with Gasteiger partial charge in [0.1, 0.15) is 0 Å². The minimum atomic E-state index is -0.827. The van der Waals surface area contributed by atoms with Gasteiger partial charge in [0, 0.05) is 33.1 Å². The molecule has 0 radical (unpaired) electrons. The van der Waals surface area contributed by atoms with E-state index in [-0.39, 0.29) is 12.5 Å². The monoisotopic (exact) mass is 329 g/mol. The van der Waals surface area contributed by atoms with Crippen LogP contribution in [0.5, 0.6) is 0 Å². The van der Waals surface area contributed by atoms with Crippen molar-refractivity contribution in [3.8, 4) is 0 Å². The summed E-state index contributed by atoms with van der Waals surface area (Å²) in [5, 5.41) is 12.2. The maximum absolute atomic E-state index is 10.6. The summed E-state index contributed by atoms with van der Waals surface area (Å²) in [7, 11) is 0. The lowest BCUT2D eigenvalue weighted by molar-refractivity contribution is 0.147. The van der Waals surface area contributed by atoms with Gasteiger partial charge in [-0.05, 0) is 35.9 Å². The zero-order valence-electron chi connectivity index (χ0n) is 10.6. The van der Waals surface area contributed by atoms with Crippen molar-refractivity contribution in [2.45, 2.75) is 12.0 Å². The van der Waals surface area contributed by atoms with Crippen LogP contribution in [0.1, 0.15) is 23.1 Å². The van der Waals surface area contributed by atoms with E-state index in [0.717, 1.165) is 5.56 Å². The van der Waals surface area contributed by atoms with Crippen molar-refractivity contribution in [1.29, 1.82) is 0 Å². The molecule has 2 aromatic rings. The molecule has 2 unspecified atom stereocenters. The SMILES string of the molecule is NCC(c1ccc(Cl)cc1)C(O)c1cc(Cl)ccc1Cl. The van der Waals surface area contributed by atoms with E-state index >= 15 is 0 Å². The van der Waals surface area contributed by atoms with Crippen LogP contribution in [0.15, 0.2) is 42.5 Å². The quantitative estimate of drug-likeness (QED) is 0.871. The first-order valence-electron chi connectivity index (χ1n) is 6.11. The van der Waals surface area contributed by atoms with Crippen LogP contribution in [0.3, 0.4) is 0 Å². The average Bonchev–Trinajstić information content (AvgIpc) is 2.44. The lowest BCUT2D eigenvalue weighted by Gasteiger charge is -2.23. The zero-order valence-corrected chi connectivity index (χ0v) is 12.8. The van der Waals surface area contributed by atoms with Gasteiger partial charge in [-0.2, -0.15) is 0 Å². The first-order chi connectivity index (χ1) is 9.52. The van der Waals surface area contributed by atoms with Gasteiger partial charge in [0.05, 0.1) is 6.10 Å². The first-order valence-corrected chi connectivity index (χ1v) is 7.25. The lowest BCUT2D eigenvalue weighted by Crippen LogP contribution is -2.20.